The third-order valence-electron chi connectivity index (χ3n) is 2.97. The summed E-state index contributed by atoms with van der Waals surface area (Å²) in [6.45, 7) is 5.97. The Morgan fingerprint density at radius 3 is 2.40 bits per heavy atom. The van der Waals surface area contributed by atoms with Gasteiger partial charge in [0.25, 0.3) is 0 Å². The molecule has 0 aliphatic rings. The molecule has 114 valence electrons. The van der Waals surface area contributed by atoms with Crippen LogP contribution < -0.4 is 9.46 Å². The van der Waals surface area contributed by atoms with Gasteiger partial charge in [-0.25, -0.2) is 17.5 Å². The van der Waals surface area contributed by atoms with E-state index in [2.05, 4.69) is 18.6 Å². The highest BCUT2D eigenvalue weighted by atomic mass is 32.2. The minimum Gasteiger partial charge on any atom is -0.494 e. The van der Waals surface area contributed by atoms with Crippen molar-refractivity contribution in [2.45, 2.75) is 44.6 Å². The van der Waals surface area contributed by atoms with Gasteiger partial charge in [-0.15, -0.1) is 0 Å². The average molecular weight is 303 g/mol. The van der Waals surface area contributed by atoms with Gasteiger partial charge in [0.15, 0.2) is 11.6 Å². The highest BCUT2D eigenvalue weighted by Crippen LogP contribution is 2.21. The van der Waals surface area contributed by atoms with Gasteiger partial charge in [0.1, 0.15) is 0 Å². The number of hydrogen-bond donors (Lipinski definition) is 1. The first-order valence-electron chi connectivity index (χ1n) is 6.62. The fourth-order valence-electron chi connectivity index (χ4n) is 1.79. The van der Waals surface area contributed by atoms with Gasteiger partial charge in [0.05, 0.1) is 12.0 Å². The van der Waals surface area contributed by atoms with E-state index in [-0.39, 0.29) is 16.7 Å². The number of benzene rings is 1. The predicted octanol–water partition coefficient (Wildman–Crippen LogP) is 2.94. The van der Waals surface area contributed by atoms with Crippen molar-refractivity contribution in [1.82, 2.24) is 4.72 Å². The van der Waals surface area contributed by atoms with Gasteiger partial charge in [0.2, 0.25) is 10.0 Å². The van der Waals surface area contributed by atoms with Crippen LogP contribution in [-0.4, -0.2) is 21.6 Å². The molecule has 1 N–H and O–H groups in total. The molecular weight excluding hydrogens is 281 g/mol. The standard InChI is InChI=1S/C14H22FNO3S/c1-10(2)5-6-11(3)16-20(17,18)12-7-8-14(19-4)13(15)9-12/h7-11,16H,5-6H2,1-4H3. The van der Waals surface area contributed by atoms with Crippen molar-refractivity contribution in [3.05, 3.63) is 24.0 Å². The predicted molar refractivity (Wildman–Crippen MR) is 76.8 cm³/mol. The van der Waals surface area contributed by atoms with Gasteiger partial charge in [-0.3, -0.25) is 0 Å². The summed E-state index contributed by atoms with van der Waals surface area (Å²) in [5, 5.41) is 0. The number of rotatable bonds is 7. The first kappa shape index (κ1) is 16.9. The van der Waals surface area contributed by atoms with Crippen LogP contribution >= 0.6 is 0 Å². The molecule has 1 aromatic rings. The molecule has 4 nitrogen and oxygen atoms in total. The van der Waals surface area contributed by atoms with Crippen LogP contribution in [0.5, 0.6) is 5.75 Å². The summed E-state index contributed by atoms with van der Waals surface area (Å²) in [5.74, 6) is -0.151. The largest absolute Gasteiger partial charge is 0.494 e. The average Bonchev–Trinajstić information content (AvgIpc) is 2.35. The molecule has 20 heavy (non-hydrogen) atoms. The lowest BCUT2D eigenvalue weighted by atomic mass is 10.1. The Bertz CT molecular complexity index is 543. The number of halogens is 1. The van der Waals surface area contributed by atoms with Crippen molar-refractivity contribution in [3.63, 3.8) is 0 Å². The van der Waals surface area contributed by atoms with Crippen LogP contribution in [0.3, 0.4) is 0 Å². The van der Waals surface area contributed by atoms with Crippen molar-refractivity contribution in [2.75, 3.05) is 7.11 Å². The molecule has 0 spiro atoms. The van der Waals surface area contributed by atoms with E-state index in [4.69, 9.17) is 4.74 Å². The zero-order valence-electron chi connectivity index (χ0n) is 12.3. The van der Waals surface area contributed by atoms with Crippen LogP contribution in [0.25, 0.3) is 0 Å². The van der Waals surface area contributed by atoms with Crippen molar-refractivity contribution < 1.29 is 17.5 Å². The van der Waals surface area contributed by atoms with E-state index in [1.807, 2.05) is 0 Å². The minimum atomic E-state index is -3.70. The highest BCUT2D eigenvalue weighted by molar-refractivity contribution is 7.89. The quantitative estimate of drug-likeness (QED) is 0.842. The van der Waals surface area contributed by atoms with Gasteiger partial charge >= 0.3 is 0 Å². The zero-order valence-corrected chi connectivity index (χ0v) is 13.1. The highest BCUT2D eigenvalue weighted by Gasteiger charge is 2.19. The topological polar surface area (TPSA) is 55.4 Å². The number of hydrogen-bond acceptors (Lipinski definition) is 3. The van der Waals surface area contributed by atoms with E-state index in [1.165, 1.54) is 19.2 Å². The van der Waals surface area contributed by atoms with E-state index in [0.717, 1.165) is 18.9 Å². The molecule has 0 amide bonds. The summed E-state index contributed by atoms with van der Waals surface area (Å²) in [6.07, 6.45) is 1.68. The maximum absolute atomic E-state index is 13.6. The molecule has 0 aliphatic heterocycles. The molecule has 0 aliphatic carbocycles. The second kappa shape index (κ2) is 7.04. The van der Waals surface area contributed by atoms with E-state index in [0.29, 0.717) is 5.92 Å². The van der Waals surface area contributed by atoms with E-state index < -0.39 is 15.8 Å². The molecule has 0 radical (unpaired) electrons. The van der Waals surface area contributed by atoms with Crippen LogP contribution in [0.15, 0.2) is 23.1 Å². The Balaban J connectivity index is 2.81. The Labute approximate surface area is 120 Å². The molecule has 0 bridgehead atoms. The molecule has 1 aromatic carbocycles. The van der Waals surface area contributed by atoms with Crippen LogP contribution in [0.1, 0.15) is 33.6 Å². The van der Waals surface area contributed by atoms with Gasteiger partial charge in [-0.1, -0.05) is 13.8 Å². The fraction of sp³-hybridized carbons (Fsp3) is 0.571. The van der Waals surface area contributed by atoms with E-state index >= 15 is 0 Å². The van der Waals surface area contributed by atoms with Crippen molar-refractivity contribution >= 4 is 10.0 Å². The Morgan fingerprint density at radius 2 is 1.90 bits per heavy atom. The SMILES string of the molecule is COc1ccc(S(=O)(=O)NC(C)CCC(C)C)cc1F. The first-order valence-corrected chi connectivity index (χ1v) is 8.10. The molecule has 0 fully saturated rings. The lowest BCUT2D eigenvalue weighted by Crippen LogP contribution is -2.32. The molecule has 1 rings (SSSR count). The van der Waals surface area contributed by atoms with Gasteiger partial charge in [0, 0.05) is 6.04 Å². The van der Waals surface area contributed by atoms with E-state index in [1.54, 1.807) is 6.92 Å². The summed E-state index contributed by atoms with van der Waals surface area (Å²) in [4.78, 5) is -0.0906. The molecule has 1 unspecified atom stereocenters. The normalized spacial score (nSPS) is 13.5. The summed E-state index contributed by atoms with van der Waals surface area (Å²) in [5.41, 5.74) is 0. The van der Waals surface area contributed by atoms with Gasteiger partial charge in [-0.05, 0) is 43.9 Å². The number of methoxy groups -OCH3 is 1. The number of ether oxygens (including phenoxy) is 1. The molecule has 0 saturated heterocycles. The lowest BCUT2D eigenvalue weighted by molar-refractivity contribution is 0.385. The van der Waals surface area contributed by atoms with Crippen molar-refractivity contribution in [2.24, 2.45) is 5.92 Å². The monoisotopic (exact) mass is 303 g/mol. The molecule has 0 aromatic heterocycles. The fourth-order valence-corrected chi connectivity index (χ4v) is 3.08. The summed E-state index contributed by atoms with van der Waals surface area (Å²) in [7, 11) is -2.37. The van der Waals surface area contributed by atoms with Crippen LogP contribution in [0, 0.1) is 11.7 Å². The van der Waals surface area contributed by atoms with Crippen molar-refractivity contribution in [3.8, 4) is 5.75 Å². The summed E-state index contributed by atoms with van der Waals surface area (Å²) < 4.78 is 45.1. The Hall–Kier alpha value is -1.14. The second-order valence-electron chi connectivity index (χ2n) is 5.29. The smallest absolute Gasteiger partial charge is 0.240 e. The molecule has 0 saturated carbocycles. The van der Waals surface area contributed by atoms with Crippen LogP contribution in [-0.2, 0) is 10.0 Å². The Morgan fingerprint density at radius 1 is 1.25 bits per heavy atom. The summed E-state index contributed by atoms with van der Waals surface area (Å²) in [6, 6.07) is 3.42. The first-order chi connectivity index (χ1) is 9.26. The van der Waals surface area contributed by atoms with Crippen molar-refractivity contribution in [1.29, 1.82) is 0 Å². The number of nitrogens with one attached hydrogen (secondary N) is 1. The zero-order chi connectivity index (χ0) is 15.3. The third-order valence-corrected chi connectivity index (χ3v) is 4.55. The number of sulfonamides is 1. The van der Waals surface area contributed by atoms with Gasteiger partial charge in [-0.2, -0.15) is 0 Å². The van der Waals surface area contributed by atoms with Crippen LogP contribution in [0.4, 0.5) is 4.39 Å². The molecule has 0 heterocycles. The third kappa shape index (κ3) is 4.76. The molecular formula is C14H22FNO3S. The summed E-state index contributed by atoms with van der Waals surface area (Å²) >= 11 is 0. The maximum Gasteiger partial charge on any atom is 0.240 e. The lowest BCUT2D eigenvalue weighted by Gasteiger charge is -2.15. The van der Waals surface area contributed by atoms with Crippen LogP contribution in [0.2, 0.25) is 0 Å². The Kier molecular flexibility index (Phi) is 5.95. The van der Waals surface area contributed by atoms with Gasteiger partial charge < -0.3 is 4.74 Å². The second-order valence-corrected chi connectivity index (χ2v) is 7.00. The molecule has 1 atom stereocenters. The van der Waals surface area contributed by atoms with E-state index in [9.17, 15) is 12.8 Å². The molecule has 6 heteroatoms. The minimum absolute atomic E-state index is 0.0248. The maximum atomic E-state index is 13.6.